The Kier molecular flexibility index (Phi) is 12.5. The van der Waals surface area contributed by atoms with Crippen molar-refractivity contribution < 1.29 is 19.1 Å². The lowest BCUT2D eigenvalue weighted by Gasteiger charge is -2.36. The van der Waals surface area contributed by atoms with E-state index in [2.05, 4.69) is 24.3 Å². The smallest absolute Gasteiger partial charge is 0.307 e. The minimum atomic E-state index is -1.29. The van der Waals surface area contributed by atoms with Gasteiger partial charge in [-0.1, -0.05) is 142 Å². The molecule has 0 radical (unpaired) electrons. The fourth-order valence-corrected chi connectivity index (χ4v) is 6.65. The Labute approximate surface area is 269 Å². The highest BCUT2D eigenvalue weighted by atomic mass is 35.5. The number of carbonyl (C=O) groups excluding carboxylic acids is 2. The van der Waals surface area contributed by atoms with Gasteiger partial charge in [-0.15, -0.1) is 0 Å². The van der Waals surface area contributed by atoms with Gasteiger partial charge < -0.3 is 9.47 Å². The van der Waals surface area contributed by atoms with E-state index in [1.807, 2.05) is 75.4 Å². The second-order valence-corrected chi connectivity index (χ2v) is 13.6. The molecule has 0 N–H and O–H groups in total. The van der Waals surface area contributed by atoms with Gasteiger partial charge in [0.15, 0.2) is 5.60 Å². The van der Waals surface area contributed by atoms with Gasteiger partial charge >= 0.3 is 11.9 Å². The third kappa shape index (κ3) is 9.69. The maximum atomic E-state index is 13.5. The molecule has 1 aliphatic rings. The quantitative estimate of drug-likeness (QED) is 0.0829. The van der Waals surface area contributed by atoms with E-state index in [0.717, 1.165) is 23.5 Å². The summed E-state index contributed by atoms with van der Waals surface area (Å²) in [5, 5.41) is 0.494. The molecule has 0 amide bonds. The molecule has 3 aromatic rings. The third-order valence-electron chi connectivity index (χ3n) is 8.57. The Balaban J connectivity index is 1.53. The summed E-state index contributed by atoms with van der Waals surface area (Å²) < 4.78 is 11.9. The molecule has 0 bridgehead atoms. The largest absolute Gasteiger partial charge is 0.460 e. The SMILES string of the molecule is CC(C)(C)OC(=O)CCC(=O)OC(c1ccccc1)(c1ccc(CCCCCC2CCCCCC2)cc1)c1ccccc1Cl. The molecule has 0 heterocycles. The minimum Gasteiger partial charge on any atom is -0.460 e. The number of aryl methyl sites for hydroxylation is 1. The Morgan fingerprint density at radius 3 is 1.93 bits per heavy atom. The van der Waals surface area contributed by atoms with Crippen LogP contribution in [0.5, 0.6) is 0 Å². The van der Waals surface area contributed by atoms with Crippen LogP contribution >= 0.6 is 11.6 Å². The summed E-state index contributed by atoms with van der Waals surface area (Å²) >= 11 is 6.82. The summed E-state index contributed by atoms with van der Waals surface area (Å²) in [7, 11) is 0. The van der Waals surface area contributed by atoms with Gasteiger partial charge in [-0.05, 0) is 51.2 Å². The molecule has 3 aromatic carbocycles. The fourth-order valence-electron chi connectivity index (χ4n) is 6.39. The fraction of sp³-hybridized carbons (Fsp3) is 0.487. The molecular formula is C39H49ClO4. The highest BCUT2D eigenvalue weighted by Crippen LogP contribution is 2.44. The lowest BCUT2D eigenvalue weighted by atomic mass is 9.79. The molecule has 0 spiro atoms. The van der Waals surface area contributed by atoms with Crippen LogP contribution in [-0.4, -0.2) is 17.5 Å². The molecule has 4 nitrogen and oxygen atoms in total. The predicted molar refractivity (Wildman–Crippen MR) is 179 cm³/mol. The van der Waals surface area contributed by atoms with Crippen molar-refractivity contribution in [2.24, 2.45) is 5.92 Å². The van der Waals surface area contributed by atoms with Crippen molar-refractivity contribution >= 4 is 23.5 Å². The van der Waals surface area contributed by atoms with Crippen molar-refractivity contribution in [2.45, 2.75) is 115 Å². The zero-order valence-corrected chi connectivity index (χ0v) is 27.5. The second-order valence-electron chi connectivity index (χ2n) is 13.2. The average molecular weight is 617 g/mol. The standard InChI is InChI=1S/C39H49ClO4/c1-38(2,3)43-36(41)28-29-37(42)44-39(32-20-12-7-13-21-32,34-22-14-15-23-35(34)40)33-26-24-31(25-27-33)19-11-6-10-18-30-16-8-4-5-9-17-30/h7,12-15,20-27,30H,4-6,8-11,16-19,28-29H2,1-3H3. The minimum absolute atomic E-state index is 0.0663. The molecule has 236 valence electrons. The van der Waals surface area contributed by atoms with Crippen LogP contribution in [0.2, 0.25) is 5.02 Å². The Morgan fingerprint density at radius 1 is 0.705 bits per heavy atom. The van der Waals surface area contributed by atoms with Crippen LogP contribution in [0.25, 0.3) is 0 Å². The molecule has 4 rings (SSSR count). The molecule has 1 unspecified atom stereocenters. The highest BCUT2D eigenvalue weighted by molar-refractivity contribution is 6.31. The lowest BCUT2D eigenvalue weighted by molar-refractivity contribution is -0.161. The molecule has 1 fully saturated rings. The van der Waals surface area contributed by atoms with Crippen molar-refractivity contribution in [1.29, 1.82) is 0 Å². The number of benzene rings is 3. The molecule has 0 saturated heterocycles. The summed E-state index contributed by atoms with van der Waals surface area (Å²) in [5.41, 5.74) is 1.61. The van der Waals surface area contributed by atoms with Gasteiger partial charge in [-0.3, -0.25) is 9.59 Å². The van der Waals surface area contributed by atoms with Crippen molar-refractivity contribution in [1.82, 2.24) is 0 Å². The van der Waals surface area contributed by atoms with Gasteiger partial charge in [-0.2, -0.15) is 0 Å². The maximum Gasteiger partial charge on any atom is 0.307 e. The number of ether oxygens (including phenoxy) is 2. The molecule has 1 aliphatic carbocycles. The summed E-state index contributed by atoms with van der Waals surface area (Å²) in [6, 6.07) is 25.6. The maximum absolute atomic E-state index is 13.5. The molecular weight excluding hydrogens is 568 g/mol. The van der Waals surface area contributed by atoms with Crippen LogP contribution in [-0.2, 0) is 31.1 Å². The molecule has 5 heteroatoms. The number of hydrogen-bond donors (Lipinski definition) is 0. The molecule has 44 heavy (non-hydrogen) atoms. The van der Waals surface area contributed by atoms with E-state index >= 15 is 0 Å². The monoisotopic (exact) mass is 616 g/mol. The Morgan fingerprint density at radius 2 is 1.30 bits per heavy atom. The van der Waals surface area contributed by atoms with E-state index in [9.17, 15) is 9.59 Å². The van der Waals surface area contributed by atoms with Crippen molar-refractivity contribution in [3.05, 3.63) is 106 Å². The lowest BCUT2D eigenvalue weighted by Crippen LogP contribution is -2.36. The first kappa shape index (κ1) is 33.8. The first-order valence-electron chi connectivity index (χ1n) is 16.5. The summed E-state index contributed by atoms with van der Waals surface area (Å²) in [6.07, 6.45) is 14.4. The highest BCUT2D eigenvalue weighted by Gasteiger charge is 2.42. The van der Waals surface area contributed by atoms with Gasteiger partial charge in [0.05, 0.1) is 12.8 Å². The summed E-state index contributed by atoms with van der Waals surface area (Å²) in [5.74, 6) is -0.00646. The molecule has 0 aliphatic heterocycles. The van der Waals surface area contributed by atoms with Crippen LogP contribution < -0.4 is 0 Å². The predicted octanol–water partition coefficient (Wildman–Crippen LogP) is 10.4. The van der Waals surface area contributed by atoms with Gasteiger partial charge in [0.1, 0.15) is 5.60 Å². The van der Waals surface area contributed by atoms with Crippen LogP contribution in [0.1, 0.15) is 120 Å². The van der Waals surface area contributed by atoms with Gasteiger partial charge in [0, 0.05) is 21.7 Å². The molecule has 1 saturated carbocycles. The average Bonchev–Trinajstić information content (AvgIpc) is 3.28. The number of hydrogen-bond acceptors (Lipinski definition) is 4. The van der Waals surface area contributed by atoms with E-state index in [0.29, 0.717) is 10.6 Å². The van der Waals surface area contributed by atoms with Crippen molar-refractivity contribution in [3.8, 4) is 0 Å². The zero-order chi connectivity index (χ0) is 31.4. The zero-order valence-electron chi connectivity index (χ0n) is 26.8. The van der Waals surface area contributed by atoms with E-state index in [1.165, 1.54) is 69.8 Å². The summed E-state index contributed by atoms with van der Waals surface area (Å²) in [4.78, 5) is 25.9. The van der Waals surface area contributed by atoms with Gasteiger partial charge in [0.25, 0.3) is 0 Å². The number of unbranched alkanes of at least 4 members (excludes halogenated alkanes) is 2. The third-order valence-corrected chi connectivity index (χ3v) is 8.90. The molecule has 0 aromatic heterocycles. The van der Waals surface area contributed by atoms with Crippen LogP contribution in [0.4, 0.5) is 0 Å². The second kappa shape index (κ2) is 16.3. The Bertz CT molecular complexity index is 1320. The van der Waals surface area contributed by atoms with Crippen LogP contribution in [0.3, 0.4) is 0 Å². The van der Waals surface area contributed by atoms with Crippen molar-refractivity contribution in [3.63, 3.8) is 0 Å². The number of esters is 2. The van der Waals surface area contributed by atoms with Gasteiger partial charge in [0.2, 0.25) is 0 Å². The van der Waals surface area contributed by atoms with Crippen molar-refractivity contribution in [2.75, 3.05) is 0 Å². The van der Waals surface area contributed by atoms with Crippen LogP contribution in [0.15, 0.2) is 78.9 Å². The number of rotatable bonds is 13. The normalized spacial score (nSPS) is 15.6. The van der Waals surface area contributed by atoms with E-state index in [1.54, 1.807) is 0 Å². The molecule has 1 atom stereocenters. The summed E-state index contributed by atoms with van der Waals surface area (Å²) in [6.45, 7) is 5.43. The first-order chi connectivity index (χ1) is 21.2. The first-order valence-corrected chi connectivity index (χ1v) is 16.9. The number of carbonyl (C=O) groups is 2. The topological polar surface area (TPSA) is 52.6 Å². The van der Waals surface area contributed by atoms with E-state index in [4.69, 9.17) is 21.1 Å². The van der Waals surface area contributed by atoms with Crippen LogP contribution in [0, 0.1) is 5.92 Å². The number of halogens is 1. The van der Waals surface area contributed by atoms with E-state index < -0.39 is 23.1 Å². The van der Waals surface area contributed by atoms with E-state index in [-0.39, 0.29) is 12.8 Å². The van der Waals surface area contributed by atoms with Gasteiger partial charge in [-0.25, -0.2) is 0 Å². The Hall–Kier alpha value is -3.11.